The number of nitrogens with one attached hydrogen (secondary N) is 2. The Hall–Kier alpha value is -2.95. The van der Waals surface area contributed by atoms with Gasteiger partial charge in [-0.15, -0.1) is 22.7 Å². The molecule has 0 aliphatic carbocycles. The van der Waals surface area contributed by atoms with Crippen molar-refractivity contribution < 1.29 is 9.59 Å². The lowest BCUT2D eigenvalue weighted by molar-refractivity contribution is -0.119. The van der Waals surface area contributed by atoms with Crippen molar-refractivity contribution in [1.29, 1.82) is 0 Å². The third kappa shape index (κ3) is 5.70. The summed E-state index contributed by atoms with van der Waals surface area (Å²) < 4.78 is 1.99. The molecule has 0 aliphatic rings. The van der Waals surface area contributed by atoms with Gasteiger partial charge in [0.05, 0.1) is 28.6 Å². The van der Waals surface area contributed by atoms with E-state index in [0.717, 1.165) is 36.7 Å². The van der Waals surface area contributed by atoms with Crippen molar-refractivity contribution in [2.45, 2.75) is 32.5 Å². The fourth-order valence-electron chi connectivity index (χ4n) is 3.19. The Morgan fingerprint density at radius 2 is 1.94 bits per heavy atom. The Bertz CT molecular complexity index is 1290. The van der Waals surface area contributed by atoms with Crippen molar-refractivity contribution in [3.63, 3.8) is 0 Å². The van der Waals surface area contributed by atoms with E-state index in [1.807, 2.05) is 48.0 Å². The predicted molar refractivity (Wildman–Crippen MR) is 135 cm³/mol. The molecule has 0 radical (unpaired) electrons. The van der Waals surface area contributed by atoms with E-state index in [-0.39, 0.29) is 17.6 Å². The van der Waals surface area contributed by atoms with Gasteiger partial charge in [-0.2, -0.15) is 0 Å². The number of amides is 2. The number of aryl methyl sites for hydroxylation is 2. The van der Waals surface area contributed by atoms with Gasteiger partial charge in [-0.3, -0.25) is 14.2 Å². The highest BCUT2D eigenvalue weighted by atomic mass is 32.2. The number of carbonyl (C=O) groups is 2. The van der Waals surface area contributed by atoms with Gasteiger partial charge in [0.2, 0.25) is 11.8 Å². The topological polar surface area (TPSA) is 88.9 Å². The minimum Gasteiger partial charge on any atom is -0.351 e. The van der Waals surface area contributed by atoms with Gasteiger partial charge in [0.15, 0.2) is 10.3 Å². The predicted octanol–water partition coefficient (Wildman–Crippen LogP) is 5.04. The van der Waals surface area contributed by atoms with Crippen molar-refractivity contribution >= 4 is 51.4 Å². The number of benzene rings is 1. The Morgan fingerprint density at radius 1 is 1.12 bits per heavy atom. The summed E-state index contributed by atoms with van der Waals surface area (Å²) in [6.07, 6.45) is 3.64. The zero-order valence-electron chi connectivity index (χ0n) is 18.4. The first-order chi connectivity index (χ1) is 15.9. The second-order valence-corrected chi connectivity index (χ2v) is 10.6. The molecule has 0 bridgehead atoms. The third-order valence-corrected chi connectivity index (χ3v) is 7.71. The molecule has 2 N–H and O–H groups in total. The molecule has 0 saturated carbocycles. The van der Waals surface area contributed by atoms with E-state index in [0.29, 0.717) is 11.7 Å². The molecule has 2 amide bonds. The molecule has 0 saturated heterocycles. The molecule has 4 aromatic rings. The summed E-state index contributed by atoms with van der Waals surface area (Å²) in [5, 5.41) is 7.05. The van der Waals surface area contributed by atoms with Gasteiger partial charge in [-0.1, -0.05) is 30.0 Å². The fraction of sp³-hybridized carbons (Fsp3) is 0.217. The minimum absolute atomic E-state index is 0.0565. The van der Waals surface area contributed by atoms with E-state index in [4.69, 9.17) is 0 Å². The first-order valence-corrected chi connectivity index (χ1v) is 12.9. The number of thiophene rings is 1. The van der Waals surface area contributed by atoms with Crippen LogP contribution in [0.3, 0.4) is 0 Å². The number of aromatic nitrogens is 3. The van der Waals surface area contributed by atoms with E-state index in [1.54, 1.807) is 17.5 Å². The van der Waals surface area contributed by atoms with Crippen LogP contribution in [0.4, 0.5) is 5.13 Å². The van der Waals surface area contributed by atoms with Gasteiger partial charge < -0.3 is 10.6 Å². The van der Waals surface area contributed by atoms with Crippen LogP contribution in [0.1, 0.15) is 22.2 Å². The summed E-state index contributed by atoms with van der Waals surface area (Å²) in [6, 6.07) is 12.1. The lowest BCUT2D eigenvalue weighted by Gasteiger charge is -2.10. The van der Waals surface area contributed by atoms with Gasteiger partial charge in [0.1, 0.15) is 0 Å². The number of hydrogen-bond acceptors (Lipinski definition) is 7. The maximum absolute atomic E-state index is 12.6. The van der Waals surface area contributed by atoms with Crippen LogP contribution >= 0.6 is 34.4 Å². The molecule has 3 heterocycles. The fourth-order valence-corrected chi connectivity index (χ4v) is 5.86. The molecule has 3 aromatic heterocycles. The highest BCUT2D eigenvalue weighted by Gasteiger charge is 2.15. The van der Waals surface area contributed by atoms with Gasteiger partial charge in [-0.25, -0.2) is 9.97 Å². The zero-order chi connectivity index (χ0) is 23.4. The Balaban J connectivity index is 1.38. The summed E-state index contributed by atoms with van der Waals surface area (Å²) in [5.41, 5.74) is 3.05. The van der Waals surface area contributed by atoms with Crippen molar-refractivity contribution in [3.05, 3.63) is 64.1 Å². The largest absolute Gasteiger partial charge is 0.351 e. The molecule has 10 heteroatoms. The molecule has 1 aromatic carbocycles. The van der Waals surface area contributed by atoms with E-state index in [1.165, 1.54) is 30.0 Å². The molecule has 170 valence electrons. The van der Waals surface area contributed by atoms with Crippen molar-refractivity contribution in [2.75, 3.05) is 11.1 Å². The summed E-state index contributed by atoms with van der Waals surface area (Å²) in [6.45, 7) is 6.05. The highest BCUT2D eigenvalue weighted by Crippen LogP contribution is 2.35. The molecule has 0 unspecified atom stereocenters. The van der Waals surface area contributed by atoms with E-state index in [9.17, 15) is 9.59 Å². The molecule has 0 spiro atoms. The summed E-state index contributed by atoms with van der Waals surface area (Å²) >= 11 is 4.43. The number of rotatable bonds is 8. The van der Waals surface area contributed by atoms with Crippen LogP contribution in [-0.2, 0) is 16.1 Å². The molecular weight excluding hydrogens is 474 g/mol. The Labute approximate surface area is 204 Å². The number of hydrogen-bond donors (Lipinski definition) is 2. The summed E-state index contributed by atoms with van der Waals surface area (Å²) in [7, 11) is 0. The standard InChI is InChI=1S/C23H23N5O2S3/c1-14-6-4-5-7-18(14)28-11-10-24-23(28)31-13-20(30)26-22-27-21(15(2)32-22)19-9-8-17(33-19)12-25-16(3)29/h4-11H,12-13H2,1-3H3,(H,25,29)(H,26,27,30). The number of para-hydroxylation sites is 1. The number of thiazole rings is 1. The SMILES string of the molecule is CC(=O)NCc1ccc(-c2nc(NC(=O)CSc3nccn3-c3ccccc3C)sc2C)s1. The number of thioether (sulfide) groups is 1. The molecule has 7 nitrogen and oxygen atoms in total. The van der Waals surface area contributed by atoms with Crippen LogP contribution in [0, 0.1) is 13.8 Å². The molecule has 0 aliphatic heterocycles. The van der Waals surface area contributed by atoms with Crippen molar-refractivity contribution in [3.8, 4) is 16.3 Å². The van der Waals surface area contributed by atoms with Crippen LogP contribution in [0.25, 0.3) is 16.3 Å². The molecule has 33 heavy (non-hydrogen) atoms. The number of carbonyl (C=O) groups excluding carboxylic acids is 2. The average molecular weight is 498 g/mol. The highest BCUT2D eigenvalue weighted by molar-refractivity contribution is 7.99. The monoisotopic (exact) mass is 497 g/mol. The zero-order valence-corrected chi connectivity index (χ0v) is 20.9. The Morgan fingerprint density at radius 3 is 2.73 bits per heavy atom. The van der Waals surface area contributed by atoms with Gasteiger partial charge >= 0.3 is 0 Å². The third-order valence-electron chi connectivity index (χ3n) is 4.76. The second-order valence-electron chi connectivity index (χ2n) is 7.30. The first kappa shape index (κ1) is 23.2. The normalized spacial score (nSPS) is 10.9. The molecule has 0 atom stereocenters. The second kappa shape index (κ2) is 10.3. The number of imidazole rings is 1. The first-order valence-electron chi connectivity index (χ1n) is 10.2. The molecule has 4 rings (SSSR count). The van der Waals surface area contributed by atoms with Crippen LogP contribution in [0.5, 0.6) is 0 Å². The lowest BCUT2D eigenvalue weighted by atomic mass is 10.2. The lowest BCUT2D eigenvalue weighted by Crippen LogP contribution is -2.17. The van der Waals surface area contributed by atoms with Crippen LogP contribution in [0.2, 0.25) is 0 Å². The van der Waals surface area contributed by atoms with Crippen LogP contribution < -0.4 is 10.6 Å². The van der Waals surface area contributed by atoms with Crippen LogP contribution in [0.15, 0.2) is 53.9 Å². The smallest absolute Gasteiger partial charge is 0.236 e. The molecule has 0 fully saturated rings. The molecular formula is C23H23N5O2S3. The maximum atomic E-state index is 12.6. The minimum atomic E-state index is -0.128. The van der Waals surface area contributed by atoms with Crippen LogP contribution in [-0.4, -0.2) is 32.1 Å². The van der Waals surface area contributed by atoms with Gasteiger partial charge in [0, 0.05) is 29.1 Å². The number of anilines is 1. The number of nitrogens with zero attached hydrogens (tertiary/aromatic N) is 3. The Kier molecular flexibility index (Phi) is 7.26. The quantitative estimate of drug-likeness (QED) is 0.333. The summed E-state index contributed by atoms with van der Waals surface area (Å²) in [4.78, 5) is 35.8. The van der Waals surface area contributed by atoms with E-state index >= 15 is 0 Å². The summed E-state index contributed by atoms with van der Waals surface area (Å²) in [5.74, 6) is 0.0488. The van der Waals surface area contributed by atoms with Crippen molar-refractivity contribution in [1.82, 2.24) is 19.9 Å². The van der Waals surface area contributed by atoms with Gasteiger partial charge in [-0.05, 0) is 37.6 Å². The average Bonchev–Trinajstić information content (AvgIpc) is 3.51. The maximum Gasteiger partial charge on any atom is 0.236 e. The van der Waals surface area contributed by atoms with Crippen molar-refractivity contribution in [2.24, 2.45) is 0 Å². The van der Waals surface area contributed by atoms with Gasteiger partial charge in [0.25, 0.3) is 0 Å². The van der Waals surface area contributed by atoms with E-state index < -0.39 is 0 Å². The van der Waals surface area contributed by atoms with E-state index in [2.05, 4.69) is 33.6 Å².